The summed E-state index contributed by atoms with van der Waals surface area (Å²) >= 11 is 3.49. The van der Waals surface area contributed by atoms with Crippen LogP contribution in [0.3, 0.4) is 0 Å². The number of hydrogen-bond acceptors (Lipinski definition) is 2. The second-order valence-electron chi connectivity index (χ2n) is 5.41. The molecule has 3 nitrogen and oxygen atoms in total. The van der Waals surface area contributed by atoms with Crippen LogP contribution in [0, 0.1) is 6.92 Å². The van der Waals surface area contributed by atoms with E-state index in [1.165, 1.54) is 0 Å². The van der Waals surface area contributed by atoms with Crippen molar-refractivity contribution in [1.82, 2.24) is 9.80 Å². The molecule has 1 aromatic rings. The Morgan fingerprint density at radius 1 is 1.37 bits per heavy atom. The number of benzene rings is 1. The first-order valence-electron chi connectivity index (χ1n) is 6.71. The van der Waals surface area contributed by atoms with Gasteiger partial charge in [-0.2, -0.15) is 0 Å². The van der Waals surface area contributed by atoms with E-state index in [9.17, 15) is 4.79 Å². The zero-order valence-electron chi connectivity index (χ0n) is 11.8. The number of nitrogens with zero attached hydrogens (tertiary/aromatic N) is 2. The average Bonchev–Trinajstić information content (AvgIpc) is 2.41. The van der Waals surface area contributed by atoms with Crippen LogP contribution in [0.2, 0.25) is 0 Å². The van der Waals surface area contributed by atoms with Crippen LogP contribution in [-0.2, 0) is 0 Å². The Morgan fingerprint density at radius 3 is 2.58 bits per heavy atom. The average molecular weight is 325 g/mol. The highest BCUT2D eigenvalue weighted by Crippen LogP contribution is 2.21. The number of carbonyl (C=O) groups excluding carboxylic acids is 1. The standard InChI is InChI=1S/C15H21BrN2O/c1-11-4-5-12(10-14(11)16)15(19)18(3)13-6-8-17(2)9-7-13/h4-5,10,13H,6-9H2,1-3H3. The number of rotatable bonds is 2. The summed E-state index contributed by atoms with van der Waals surface area (Å²) in [4.78, 5) is 16.7. The molecule has 1 saturated heterocycles. The molecule has 0 N–H and O–H groups in total. The molecule has 1 heterocycles. The number of piperidine rings is 1. The molecule has 0 saturated carbocycles. The van der Waals surface area contributed by atoms with Gasteiger partial charge in [0.2, 0.25) is 0 Å². The van der Waals surface area contributed by atoms with E-state index in [0.29, 0.717) is 6.04 Å². The largest absolute Gasteiger partial charge is 0.339 e. The van der Waals surface area contributed by atoms with Crippen LogP contribution in [-0.4, -0.2) is 48.9 Å². The zero-order chi connectivity index (χ0) is 14.0. The van der Waals surface area contributed by atoms with Gasteiger partial charge >= 0.3 is 0 Å². The molecule has 1 aliphatic rings. The van der Waals surface area contributed by atoms with Crippen molar-refractivity contribution in [3.05, 3.63) is 33.8 Å². The molecule has 0 unspecified atom stereocenters. The van der Waals surface area contributed by atoms with Gasteiger partial charge in [0.1, 0.15) is 0 Å². The first kappa shape index (κ1) is 14.5. The van der Waals surface area contributed by atoms with Gasteiger partial charge in [-0.15, -0.1) is 0 Å². The second kappa shape index (κ2) is 6.06. The SMILES string of the molecule is Cc1ccc(C(=O)N(C)C2CCN(C)CC2)cc1Br. The van der Waals surface area contributed by atoms with E-state index in [-0.39, 0.29) is 5.91 Å². The highest BCUT2D eigenvalue weighted by atomic mass is 79.9. The maximum atomic E-state index is 12.5. The lowest BCUT2D eigenvalue weighted by Crippen LogP contribution is -2.44. The minimum Gasteiger partial charge on any atom is -0.339 e. The summed E-state index contributed by atoms with van der Waals surface area (Å²) in [6, 6.07) is 6.18. The maximum Gasteiger partial charge on any atom is 0.253 e. The number of halogens is 1. The van der Waals surface area contributed by atoms with E-state index < -0.39 is 0 Å². The van der Waals surface area contributed by atoms with Gasteiger partial charge in [-0.05, 0) is 57.6 Å². The van der Waals surface area contributed by atoms with Crippen molar-refractivity contribution in [3.8, 4) is 0 Å². The van der Waals surface area contributed by atoms with E-state index in [1.54, 1.807) is 0 Å². The number of amides is 1. The Balaban J connectivity index is 2.08. The van der Waals surface area contributed by atoms with Gasteiger partial charge in [-0.1, -0.05) is 22.0 Å². The summed E-state index contributed by atoms with van der Waals surface area (Å²) in [5, 5.41) is 0. The zero-order valence-corrected chi connectivity index (χ0v) is 13.4. The Kier molecular flexibility index (Phi) is 4.63. The maximum absolute atomic E-state index is 12.5. The lowest BCUT2D eigenvalue weighted by atomic mass is 10.0. The van der Waals surface area contributed by atoms with Crippen molar-refractivity contribution in [2.45, 2.75) is 25.8 Å². The molecule has 1 aliphatic heterocycles. The van der Waals surface area contributed by atoms with E-state index >= 15 is 0 Å². The Labute approximate surface area is 123 Å². The summed E-state index contributed by atoms with van der Waals surface area (Å²) in [5.74, 6) is 0.121. The number of carbonyl (C=O) groups is 1. The summed E-state index contributed by atoms with van der Waals surface area (Å²) in [7, 11) is 4.06. The Morgan fingerprint density at radius 2 is 2.00 bits per heavy atom. The second-order valence-corrected chi connectivity index (χ2v) is 6.27. The molecule has 2 rings (SSSR count). The van der Waals surface area contributed by atoms with Gasteiger partial charge < -0.3 is 9.80 Å². The van der Waals surface area contributed by atoms with Gasteiger partial charge in [-0.25, -0.2) is 0 Å². The van der Waals surface area contributed by atoms with Crippen LogP contribution < -0.4 is 0 Å². The van der Waals surface area contributed by atoms with E-state index in [1.807, 2.05) is 37.1 Å². The Bertz CT molecular complexity index is 467. The van der Waals surface area contributed by atoms with E-state index in [0.717, 1.165) is 41.5 Å². The number of hydrogen-bond donors (Lipinski definition) is 0. The summed E-state index contributed by atoms with van der Waals surface area (Å²) in [6.45, 7) is 4.17. The molecule has 1 fully saturated rings. The fraction of sp³-hybridized carbons (Fsp3) is 0.533. The van der Waals surface area contributed by atoms with Crippen LogP contribution in [0.5, 0.6) is 0 Å². The summed E-state index contributed by atoms with van der Waals surface area (Å²) in [5.41, 5.74) is 1.91. The quantitative estimate of drug-likeness (QED) is 0.835. The summed E-state index contributed by atoms with van der Waals surface area (Å²) < 4.78 is 0.995. The molecule has 19 heavy (non-hydrogen) atoms. The van der Waals surface area contributed by atoms with E-state index in [2.05, 4.69) is 27.9 Å². The molecular weight excluding hydrogens is 304 g/mol. The third-order valence-electron chi connectivity index (χ3n) is 3.97. The number of aryl methyl sites for hydroxylation is 1. The summed E-state index contributed by atoms with van der Waals surface area (Å²) in [6.07, 6.45) is 2.12. The van der Waals surface area contributed by atoms with Crippen molar-refractivity contribution in [3.63, 3.8) is 0 Å². The molecule has 4 heteroatoms. The molecule has 0 aliphatic carbocycles. The van der Waals surface area contributed by atoms with Crippen LogP contribution in [0.15, 0.2) is 22.7 Å². The lowest BCUT2D eigenvalue weighted by molar-refractivity contribution is 0.0659. The monoisotopic (exact) mass is 324 g/mol. The topological polar surface area (TPSA) is 23.6 Å². The van der Waals surface area contributed by atoms with Gasteiger partial charge in [-0.3, -0.25) is 4.79 Å². The molecule has 1 amide bonds. The van der Waals surface area contributed by atoms with Gasteiger partial charge in [0.15, 0.2) is 0 Å². The molecule has 0 radical (unpaired) electrons. The molecule has 0 bridgehead atoms. The normalized spacial score (nSPS) is 17.5. The van der Waals surface area contributed by atoms with Crippen molar-refractivity contribution >= 4 is 21.8 Å². The van der Waals surface area contributed by atoms with Crippen molar-refractivity contribution in [2.75, 3.05) is 27.2 Å². The minimum absolute atomic E-state index is 0.121. The van der Waals surface area contributed by atoms with Crippen molar-refractivity contribution in [2.24, 2.45) is 0 Å². The first-order valence-corrected chi connectivity index (χ1v) is 7.50. The fourth-order valence-electron chi connectivity index (χ4n) is 2.48. The van der Waals surface area contributed by atoms with Crippen LogP contribution in [0.4, 0.5) is 0 Å². The molecule has 0 atom stereocenters. The molecule has 0 aromatic heterocycles. The van der Waals surface area contributed by atoms with Crippen molar-refractivity contribution < 1.29 is 4.79 Å². The van der Waals surface area contributed by atoms with Crippen molar-refractivity contribution in [1.29, 1.82) is 0 Å². The molecule has 104 valence electrons. The smallest absolute Gasteiger partial charge is 0.253 e. The Hall–Kier alpha value is -0.870. The molecule has 1 aromatic carbocycles. The molecular formula is C15H21BrN2O. The minimum atomic E-state index is 0.121. The highest BCUT2D eigenvalue weighted by molar-refractivity contribution is 9.10. The molecule has 0 spiro atoms. The van der Waals surface area contributed by atoms with Crippen LogP contribution in [0.1, 0.15) is 28.8 Å². The van der Waals surface area contributed by atoms with Gasteiger partial charge in [0, 0.05) is 23.1 Å². The van der Waals surface area contributed by atoms with Gasteiger partial charge in [0.25, 0.3) is 5.91 Å². The van der Waals surface area contributed by atoms with Gasteiger partial charge in [0.05, 0.1) is 0 Å². The predicted molar refractivity (Wildman–Crippen MR) is 81.5 cm³/mol. The van der Waals surface area contributed by atoms with E-state index in [4.69, 9.17) is 0 Å². The predicted octanol–water partition coefficient (Wildman–Crippen LogP) is 2.92. The van der Waals surface area contributed by atoms with Crippen LogP contribution >= 0.6 is 15.9 Å². The van der Waals surface area contributed by atoms with Crippen LogP contribution in [0.25, 0.3) is 0 Å². The first-order chi connectivity index (χ1) is 8.99. The number of likely N-dealkylation sites (tertiary alicyclic amines) is 1. The third-order valence-corrected chi connectivity index (χ3v) is 4.83. The fourth-order valence-corrected chi connectivity index (χ4v) is 2.86. The highest BCUT2D eigenvalue weighted by Gasteiger charge is 2.24. The lowest BCUT2D eigenvalue weighted by Gasteiger charge is -2.35. The third kappa shape index (κ3) is 3.37.